The van der Waals surface area contributed by atoms with Gasteiger partial charge in [-0.25, -0.2) is 4.98 Å². The van der Waals surface area contributed by atoms with Crippen LogP contribution >= 0.6 is 15.9 Å². The van der Waals surface area contributed by atoms with Gasteiger partial charge in [0.1, 0.15) is 11.9 Å². The number of hydrogen-bond donors (Lipinski definition) is 2. The summed E-state index contributed by atoms with van der Waals surface area (Å²) in [7, 11) is 1.42. The molecule has 2 aliphatic rings. The van der Waals surface area contributed by atoms with Crippen molar-refractivity contribution < 1.29 is 9.53 Å². The van der Waals surface area contributed by atoms with Gasteiger partial charge in [-0.15, -0.1) is 0 Å². The average Bonchev–Trinajstić information content (AvgIpc) is 3.25. The number of nitrogens with two attached hydrogens (primary N) is 1. The maximum absolute atomic E-state index is 11.9. The summed E-state index contributed by atoms with van der Waals surface area (Å²) in [5, 5.41) is 7.83. The van der Waals surface area contributed by atoms with Crippen molar-refractivity contribution in [2.45, 2.75) is 37.6 Å². The van der Waals surface area contributed by atoms with Crippen LogP contribution in [0.1, 0.15) is 47.6 Å². The maximum atomic E-state index is 11.9. The molecule has 7 nitrogen and oxygen atoms in total. The minimum Gasteiger partial charge on any atom is -0.468 e. The molecule has 5 rings (SSSR count). The molecule has 8 heteroatoms. The number of rotatable bonds is 3. The number of esters is 1. The van der Waals surface area contributed by atoms with Gasteiger partial charge in [-0.05, 0) is 64.4 Å². The number of nitrogens with zero attached hydrogens (tertiary/aromatic N) is 3. The third-order valence-corrected chi connectivity index (χ3v) is 7.30. The molecule has 0 amide bonds. The number of benzene rings is 1. The first-order valence-electron chi connectivity index (χ1n) is 11.2. The molecule has 0 spiro atoms. The van der Waals surface area contributed by atoms with Gasteiger partial charge in [0.2, 0.25) is 0 Å². The molecule has 3 N–H and O–H groups in total. The van der Waals surface area contributed by atoms with Crippen LogP contribution in [-0.4, -0.2) is 40.3 Å². The Labute approximate surface area is 200 Å². The van der Waals surface area contributed by atoms with E-state index in [2.05, 4.69) is 68.8 Å². The van der Waals surface area contributed by atoms with Gasteiger partial charge in [-0.3, -0.25) is 4.79 Å². The smallest absolute Gasteiger partial charge is 0.322 e. The fourth-order valence-electron chi connectivity index (χ4n) is 4.66. The second-order valence-corrected chi connectivity index (χ2v) is 9.28. The van der Waals surface area contributed by atoms with Crippen LogP contribution < -0.4 is 11.1 Å². The predicted molar refractivity (Wildman–Crippen MR) is 133 cm³/mol. The van der Waals surface area contributed by atoms with Gasteiger partial charge in [-0.2, -0.15) is 9.61 Å². The Hall–Kier alpha value is -2.97. The Bertz CT molecular complexity index is 1270. The number of anilines is 1. The highest BCUT2D eigenvalue weighted by atomic mass is 79.9. The van der Waals surface area contributed by atoms with Crippen LogP contribution in [-0.2, 0) is 16.0 Å². The van der Waals surface area contributed by atoms with Gasteiger partial charge < -0.3 is 15.8 Å². The Balaban J connectivity index is 1.55. The number of carbonyl (C=O) groups is 1. The molecule has 2 unspecified atom stereocenters. The standard InChI is InChI=1S/C25H26BrN5O2/c1-33-25(32)20-11-10-18(13-28-20)22-21(26)23(27)31-24(30-22)19(14-29-31)17-9-5-3-7-15-6-2-4-8-16(15)12-17/h2,4-6,8-9,12,14,18,20,28H,3,7,10-11,13,27H2,1H3. The first-order chi connectivity index (χ1) is 16.1. The van der Waals surface area contributed by atoms with Gasteiger partial charge in [0, 0.05) is 18.0 Å². The monoisotopic (exact) mass is 507 g/mol. The number of piperidine rings is 1. The van der Waals surface area contributed by atoms with Crippen molar-refractivity contribution in [3.05, 3.63) is 69.5 Å². The van der Waals surface area contributed by atoms with Crippen LogP contribution in [0.2, 0.25) is 0 Å². The molecule has 3 heterocycles. The zero-order valence-electron chi connectivity index (χ0n) is 18.4. The van der Waals surface area contributed by atoms with E-state index in [-0.39, 0.29) is 17.9 Å². The van der Waals surface area contributed by atoms with E-state index in [1.54, 1.807) is 4.52 Å². The lowest BCUT2D eigenvalue weighted by Gasteiger charge is -2.28. The molecule has 0 saturated carbocycles. The summed E-state index contributed by atoms with van der Waals surface area (Å²) in [6.45, 7) is 0.625. The van der Waals surface area contributed by atoms with Crippen molar-refractivity contribution in [2.75, 3.05) is 19.4 Å². The van der Waals surface area contributed by atoms with Gasteiger partial charge >= 0.3 is 5.97 Å². The highest BCUT2D eigenvalue weighted by Crippen LogP contribution is 2.36. The van der Waals surface area contributed by atoms with Crippen LogP contribution in [0.4, 0.5) is 5.82 Å². The van der Waals surface area contributed by atoms with Gasteiger partial charge in [0.25, 0.3) is 0 Å². The summed E-state index contributed by atoms with van der Waals surface area (Å²) in [5.41, 5.74) is 12.6. The molecular formula is C25H26BrN5O2. The topological polar surface area (TPSA) is 94.5 Å². The van der Waals surface area contributed by atoms with E-state index in [1.807, 2.05) is 6.20 Å². The Morgan fingerprint density at radius 3 is 2.94 bits per heavy atom. The maximum Gasteiger partial charge on any atom is 0.322 e. The summed E-state index contributed by atoms with van der Waals surface area (Å²) in [4.78, 5) is 16.9. The van der Waals surface area contributed by atoms with Crippen molar-refractivity contribution >= 4 is 45.0 Å². The molecule has 1 aromatic carbocycles. The van der Waals surface area contributed by atoms with E-state index in [0.29, 0.717) is 18.8 Å². The number of nitrogens with one attached hydrogen (secondary N) is 1. The molecule has 1 saturated heterocycles. The number of carbonyl (C=O) groups excluding carboxylic acids is 1. The Morgan fingerprint density at radius 2 is 2.15 bits per heavy atom. The normalized spacial score (nSPS) is 20.6. The minimum atomic E-state index is -0.276. The molecule has 2 aromatic heterocycles. The van der Waals surface area contributed by atoms with Crippen molar-refractivity contribution in [1.29, 1.82) is 0 Å². The number of halogens is 1. The van der Waals surface area contributed by atoms with Crippen LogP contribution in [0.25, 0.3) is 17.3 Å². The number of aromatic nitrogens is 3. The van der Waals surface area contributed by atoms with E-state index in [9.17, 15) is 4.79 Å². The van der Waals surface area contributed by atoms with Gasteiger partial charge in [0.15, 0.2) is 5.65 Å². The Kier molecular flexibility index (Phi) is 6.03. The first kappa shape index (κ1) is 21.9. The SMILES string of the molecule is COC(=O)C1CCC(c2nc3c(C4=Cc5ccccc5CCC=C4)cnn3c(N)c2Br)CN1. The van der Waals surface area contributed by atoms with E-state index in [0.717, 1.165) is 46.2 Å². The number of fused-ring (bicyclic) bond motifs is 2. The molecule has 1 aliphatic heterocycles. The summed E-state index contributed by atoms with van der Waals surface area (Å²) in [5.74, 6) is 0.418. The number of aryl methyl sites for hydroxylation is 1. The Morgan fingerprint density at radius 1 is 1.30 bits per heavy atom. The van der Waals surface area contributed by atoms with Crippen molar-refractivity contribution in [3.63, 3.8) is 0 Å². The highest BCUT2D eigenvalue weighted by Gasteiger charge is 2.30. The third kappa shape index (κ3) is 4.09. The number of allylic oxidation sites excluding steroid dienone is 3. The fraction of sp³-hybridized carbons (Fsp3) is 0.320. The molecule has 3 aromatic rings. The van der Waals surface area contributed by atoms with Crippen molar-refractivity contribution in [2.24, 2.45) is 0 Å². The van der Waals surface area contributed by atoms with Gasteiger partial charge in [0.05, 0.1) is 23.5 Å². The van der Waals surface area contributed by atoms with Crippen LogP contribution in [0, 0.1) is 0 Å². The molecular weight excluding hydrogens is 482 g/mol. The zero-order valence-corrected chi connectivity index (χ0v) is 20.0. The third-order valence-electron chi connectivity index (χ3n) is 6.49. The van der Waals surface area contributed by atoms with Crippen LogP contribution in [0.15, 0.2) is 47.1 Å². The molecule has 1 aliphatic carbocycles. The lowest BCUT2D eigenvalue weighted by atomic mass is 9.91. The highest BCUT2D eigenvalue weighted by molar-refractivity contribution is 9.10. The lowest BCUT2D eigenvalue weighted by molar-refractivity contribution is -0.143. The molecule has 0 bridgehead atoms. The number of methoxy groups -OCH3 is 1. The molecule has 0 radical (unpaired) electrons. The van der Waals surface area contributed by atoms with E-state index in [1.165, 1.54) is 18.2 Å². The fourth-order valence-corrected chi connectivity index (χ4v) is 5.24. The van der Waals surface area contributed by atoms with Crippen molar-refractivity contribution in [3.8, 4) is 0 Å². The zero-order chi connectivity index (χ0) is 22.9. The minimum absolute atomic E-state index is 0.123. The van der Waals surface area contributed by atoms with Crippen molar-refractivity contribution in [1.82, 2.24) is 19.9 Å². The summed E-state index contributed by atoms with van der Waals surface area (Å²) in [6, 6.07) is 8.21. The number of ether oxygens (including phenoxy) is 1. The summed E-state index contributed by atoms with van der Waals surface area (Å²) < 4.78 is 7.32. The average molecular weight is 508 g/mol. The molecule has 170 valence electrons. The molecule has 1 fully saturated rings. The van der Waals surface area contributed by atoms with E-state index in [4.69, 9.17) is 15.5 Å². The van der Waals surface area contributed by atoms with Crippen LogP contribution in [0.5, 0.6) is 0 Å². The predicted octanol–water partition coefficient (Wildman–Crippen LogP) is 4.13. The summed E-state index contributed by atoms with van der Waals surface area (Å²) >= 11 is 3.65. The van der Waals surface area contributed by atoms with Gasteiger partial charge in [-0.1, -0.05) is 36.4 Å². The largest absolute Gasteiger partial charge is 0.468 e. The number of hydrogen-bond acceptors (Lipinski definition) is 6. The molecule has 2 atom stereocenters. The molecule has 33 heavy (non-hydrogen) atoms. The summed E-state index contributed by atoms with van der Waals surface area (Å²) in [6.07, 6.45) is 11.9. The quantitative estimate of drug-likeness (QED) is 0.517. The lowest BCUT2D eigenvalue weighted by Crippen LogP contribution is -2.44. The second-order valence-electron chi connectivity index (χ2n) is 8.49. The van der Waals surface area contributed by atoms with E-state index >= 15 is 0 Å². The van der Waals surface area contributed by atoms with E-state index < -0.39 is 0 Å². The first-order valence-corrected chi connectivity index (χ1v) is 12.0. The number of nitrogen functional groups attached to an aromatic ring is 1. The van der Waals surface area contributed by atoms with Crippen LogP contribution in [0.3, 0.4) is 0 Å². The second kappa shape index (κ2) is 9.11.